The first-order valence-corrected chi connectivity index (χ1v) is 6.37. The number of hydrogen-bond acceptors (Lipinski definition) is 3. The Bertz CT molecular complexity index is 451. The van der Waals surface area contributed by atoms with E-state index in [1.165, 1.54) is 0 Å². The van der Waals surface area contributed by atoms with Crippen molar-refractivity contribution in [2.45, 2.75) is 12.5 Å². The van der Waals surface area contributed by atoms with E-state index in [1.807, 2.05) is 12.1 Å². The van der Waals surface area contributed by atoms with E-state index in [4.69, 9.17) is 4.74 Å². The van der Waals surface area contributed by atoms with Crippen LogP contribution in [0.5, 0.6) is 5.75 Å². The molecule has 92 valence electrons. The minimum absolute atomic E-state index is 0.0848. The van der Waals surface area contributed by atoms with Gasteiger partial charge in [-0.1, -0.05) is 6.07 Å². The van der Waals surface area contributed by atoms with Crippen molar-refractivity contribution in [3.63, 3.8) is 0 Å². The number of ether oxygens (including phenoxy) is 1. The molecule has 0 unspecified atom stereocenters. The van der Waals surface area contributed by atoms with Crippen molar-refractivity contribution in [2.24, 2.45) is 0 Å². The van der Waals surface area contributed by atoms with Crippen molar-refractivity contribution >= 4 is 28.5 Å². The van der Waals surface area contributed by atoms with E-state index in [9.17, 15) is 9.90 Å². The highest BCUT2D eigenvalue weighted by Crippen LogP contribution is 2.29. The van der Waals surface area contributed by atoms with Gasteiger partial charge >= 0.3 is 0 Å². The minimum Gasteiger partial charge on any atom is -0.496 e. The lowest BCUT2D eigenvalue weighted by Gasteiger charge is -2.44. The molecule has 1 aliphatic rings. The van der Waals surface area contributed by atoms with Crippen LogP contribution < -0.4 is 4.74 Å². The molecule has 1 saturated heterocycles. The summed E-state index contributed by atoms with van der Waals surface area (Å²) < 4.78 is 6.06. The molecule has 1 aliphatic heterocycles. The zero-order chi connectivity index (χ0) is 12.6. The summed E-state index contributed by atoms with van der Waals surface area (Å²) in [6.45, 7) is 2.48. The van der Waals surface area contributed by atoms with Crippen LogP contribution in [0, 0.1) is 3.57 Å². The molecule has 1 aromatic rings. The number of carbonyl (C=O) groups is 1. The van der Waals surface area contributed by atoms with E-state index in [1.54, 1.807) is 25.0 Å². The lowest BCUT2D eigenvalue weighted by Crippen LogP contribution is -2.61. The molecule has 2 rings (SSSR count). The number of likely N-dealkylation sites (tertiary alicyclic amines) is 1. The number of benzene rings is 1. The summed E-state index contributed by atoms with van der Waals surface area (Å²) in [7, 11) is 1.55. The lowest BCUT2D eigenvalue weighted by molar-refractivity contribution is -0.0670. The number of nitrogens with zero attached hydrogens (tertiary/aromatic N) is 1. The predicted molar refractivity (Wildman–Crippen MR) is 72.2 cm³/mol. The van der Waals surface area contributed by atoms with Gasteiger partial charge in [-0.2, -0.15) is 0 Å². The van der Waals surface area contributed by atoms with Crippen molar-refractivity contribution in [1.82, 2.24) is 4.90 Å². The number of methoxy groups -OCH3 is 1. The maximum Gasteiger partial charge on any atom is 0.258 e. The first-order chi connectivity index (χ1) is 7.94. The van der Waals surface area contributed by atoms with Crippen LogP contribution in [0.15, 0.2) is 18.2 Å². The Morgan fingerprint density at radius 1 is 1.53 bits per heavy atom. The van der Waals surface area contributed by atoms with Gasteiger partial charge < -0.3 is 14.7 Å². The van der Waals surface area contributed by atoms with Crippen molar-refractivity contribution in [3.8, 4) is 5.75 Å². The molecular weight excluding hydrogens is 333 g/mol. The molecule has 0 radical (unpaired) electrons. The molecule has 0 bridgehead atoms. The van der Waals surface area contributed by atoms with Crippen LogP contribution in [-0.4, -0.2) is 41.7 Å². The largest absolute Gasteiger partial charge is 0.496 e. The van der Waals surface area contributed by atoms with Gasteiger partial charge in [0, 0.05) is 3.57 Å². The number of rotatable bonds is 2. The van der Waals surface area contributed by atoms with E-state index < -0.39 is 5.60 Å². The zero-order valence-corrected chi connectivity index (χ0v) is 11.9. The van der Waals surface area contributed by atoms with Gasteiger partial charge in [0.05, 0.1) is 31.4 Å². The Kier molecular flexibility index (Phi) is 3.31. The van der Waals surface area contributed by atoms with E-state index in [0.717, 1.165) is 3.57 Å². The Morgan fingerprint density at radius 2 is 2.18 bits per heavy atom. The van der Waals surface area contributed by atoms with Gasteiger partial charge in [-0.15, -0.1) is 0 Å². The molecule has 0 atom stereocenters. The van der Waals surface area contributed by atoms with Gasteiger partial charge in [0.1, 0.15) is 5.75 Å². The molecule has 17 heavy (non-hydrogen) atoms. The highest BCUT2D eigenvalue weighted by Gasteiger charge is 2.40. The summed E-state index contributed by atoms with van der Waals surface area (Å²) in [5.41, 5.74) is -0.172. The van der Waals surface area contributed by atoms with Crippen LogP contribution in [0.25, 0.3) is 0 Å². The molecule has 1 fully saturated rings. The second-order valence-electron chi connectivity index (χ2n) is 4.48. The Morgan fingerprint density at radius 3 is 2.71 bits per heavy atom. The van der Waals surface area contributed by atoms with E-state index in [0.29, 0.717) is 24.4 Å². The van der Waals surface area contributed by atoms with Gasteiger partial charge in [0.25, 0.3) is 5.91 Å². The van der Waals surface area contributed by atoms with Gasteiger partial charge in [0.15, 0.2) is 0 Å². The summed E-state index contributed by atoms with van der Waals surface area (Å²) in [6, 6.07) is 5.49. The average Bonchev–Trinajstić information content (AvgIpc) is 2.24. The third-order valence-electron chi connectivity index (χ3n) is 2.76. The number of halogens is 1. The Balaban J connectivity index is 2.26. The SMILES string of the molecule is COc1cccc(I)c1C(=O)N1CC(C)(O)C1. The number of hydrogen-bond donors (Lipinski definition) is 1. The lowest BCUT2D eigenvalue weighted by atomic mass is 9.96. The fraction of sp³-hybridized carbons (Fsp3) is 0.417. The molecule has 1 N–H and O–H groups in total. The highest BCUT2D eigenvalue weighted by molar-refractivity contribution is 14.1. The molecule has 4 nitrogen and oxygen atoms in total. The number of carbonyl (C=O) groups excluding carboxylic acids is 1. The topological polar surface area (TPSA) is 49.8 Å². The molecule has 0 aliphatic carbocycles. The van der Waals surface area contributed by atoms with Crippen LogP contribution in [0.3, 0.4) is 0 Å². The van der Waals surface area contributed by atoms with Crippen LogP contribution in [-0.2, 0) is 0 Å². The third-order valence-corrected chi connectivity index (χ3v) is 3.66. The zero-order valence-electron chi connectivity index (χ0n) is 9.74. The second kappa shape index (κ2) is 4.45. The Hall–Kier alpha value is -0.820. The molecule has 1 aromatic carbocycles. The summed E-state index contributed by atoms with van der Waals surface area (Å²) in [5, 5.41) is 9.65. The first-order valence-electron chi connectivity index (χ1n) is 5.29. The summed E-state index contributed by atoms with van der Waals surface area (Å²) in [5.74, 6) is 0.492. The fourth-order valence-corrected chi connectivity index (χ4v) is 2.66. The predicted octanol–water partition coefficient (Wildman–Crippen LogP) is 1.51. The van der Waals surface area contributed by atoms with Crippen LogP contribution in [0.4, 0.5) is 0 Å². The van der Waals surface area contributed by atoms with Crippen LogP contribution in [0.2, 0.25) is 0 Å². The number of amides is 1. The summed E-state index contributed by atoms with van der Waals surface area (Å²) in [6.07, 6.45) is 0. The van der Waals surface area contributed by atoms with Crippen LogP contribution in [0.1, 0.15) is 17.3 Å². The van der Waals surface area contributed by atoms with Crippen LogP contribution >= 0.6 is 22.6 Å². The molecule has 0 aromatic heterocycles. The normalized spacial score (nSPS) is 17.5. The van der Waals surface area contributed by atoms with Gasteiger partial charge in [-0.25, -0.2) is 0 Å². The Labute approximate surface area is 114 Å². The third kappa shape index (κ3) is 2.40. The monoisotopic (exact) mass is 347 g/mol. The maximum atomic E-state index is 12.2. The molecule has 1 heterocycles. The smallest absolute Gasteiger partial charge is 0.258 e. The molecular formula is C12H14INO3. The summed E-state index contributed by atoms with van der Waals surface area (Å²) in [4.78, 5) is 13.9. The quantitative estimate of drug-likeness (QED) is 0.826. The van der Waals surface area contributed by atoms with Gasteiger partial charge in [0.2, 0.25) is 0 Å². The molecule has 0 saturated carbocycles. The first kappa shape index (κ1) is 12.6. The number of β-amino-alcohol motifs (C(OH)–C–C–N with tert-alkyl or cyclic N) is 1. The van der Waals surface area contributed by atoms with E-state index in [-0.39, 0.29) is 5.91 Å². The molecule has 0 spiro atoms. The van der Waals surface area contributed by atoms with Crippen molar-refractivity contribution in [3.05, 3.63) is 27.3 Å². The highest BCUT2D eigenvalue weighted by atomic mass is 127. The van der Waals surface area contributed by atoms with E-state index in [2.05, 4.69) is 22.6 Å². The molecule has 5 heteroatoms. The fourth-order valence-electron chi connectivity index (χ4n) is 1.96. The second-order valence-corrected chi connectivity index (χ2v) is 5.64. The van der Waals surface area contributed by atoms with Crippen molar-refractivity contribution in [2.75, 3.05) is 20.2 Å². The standard InChI is InChI=1S/C12H14INO3/c1-12(16)6-14(7-12)11(15)10-8(13)4-3-5-9(10)17-2/h3-5,16H,6-7H2,1-2H3. The van der Waals surface area contributed by atoms with E-state index >= 15 is 0 Å². The average molecular weight is 347 g/mol. The maximum absolute atomic E-state index is 12.2. The minimum atomic E-state index is -0.747. The number of aliphatic hydroxyl groups is 1. The summed E-state index contributed by atoms with van der Waals surface area (Å²) >= 11 is 2.12. The molecule has 1 amide bonds. The van der Waals surface area contributed by atoms with Crippen molar-refractivity contribution < 1.29 is 14.6 Å². The van der Waals surface area contributed by atoms with Gasteiger partial charge in [-0.05, 0) is 41.6 Å². The van der Waals surface area contributed by atoms with Crippen molar-refractivity contribution in [1.29, 1.82) is 0 Å². The van der Waals surface area contributed by atoms with Gasteiger partial charge in [-0.3, -0.25) is 4.79 Å².